The first-order chi connectivity index (χ1) is 24.5. The smallest absolute Gasteiger partial charge is 0.306 e. The molecule has 282 valence electrons. The molecule has 0 aromatic heterocycles. The predicted molar refractivity (Wildman–Crippen MR) is 183 cm³/mol. The van der Waals surface area contributed by atoms with Crippen LogP contribution in [0.1, 0.15) is 90.6 Å². The van der Waals surface area contributed by atoms with E-state index in [1.807, 2.05) is 74.5 Å². The molecule has 0 spiro atoms. The maximum atomic E-state index is 13.5. The lowest BCUT2D eigenvalue weighted by Gasteiger charge is -2.49. The molecule has 10 atom stereocenters. The zero-order valence-electron chi connectivity index (χ0n) is 30.3. The van der Waals surface area contributed by atoms with Crippen LogP contribution in [0.5, 0.6) is 0 Å². The number of hydrogen-bond acceptors (Lipinski definition) is 12. The van der Waals surface area contributed by atoms with Crippen LogP contribution in [-0.2, 0) is 58.8 Å². The van der Waals surface area contributed by atoms with E-state index in [0.717, 1.165) is 36.8 Å². The summed E-state index contributed by atoms with van der Waals surface area (Å²) in [5, 5.41) is 11.7. The van der Waals surface area contributed by atoms with Crippen molar-refractivity contribution in [3.63, 3.8) is 0 Å². The van der Waals surface area contributed by atoms with Crippen LogP contribution in [0.4, 0.5) is 0 Å². The second-order valence-corrected chi connectivity index (χ2v) is 14.6. The monoisotopic (exact) mass is 714 g/mol. The lowest BCUT2D eigenvalue weighted by Crippen LogP contribution is -2.64. The number of ether oxygens (including phenoxy) is 10. The Morgan fingerprint density at radius 1 is 0.824 bits per heavy atom. The van der Waals surface area contributed by atoms with E-state index < -0.39 is 79.1 Å². The summed E-state index contributed by atoms with van der Waals surface area (Å²) in [6.45, 7) is 9.90. The number of rotatable bonds is 15. The fourth-order valence-corrected chi connectivity index (χ4v) is 7.02. The molecule has 0 saturated carbocycles. The fraction of sp³-hybridized carbons (Fsp3) is 0.667. The molecule has 12 nitrogen and oxygen atoms in total. The van der Waals surface area contributed by atoms with Crippen molar-refractivity contribution in [3.05, 3.63) is 71.8 Å². The number of fused-ring (bicyclic) bond motifs is 1. The van der Waals surface area contributed by atoms with Gasteiger partial charge in [-0.05, 0) is 39.7 Å². The lowest BCUT2D eigenvalue weighted by molar-refractivity contribution is -0.386. The fourth-order valence-electron chi connectivity index (χ4n) is 7.02. The lowest BCUT2D eigenvalue weighted by atomic mass is 9.96. The van der Waals surface area contributed by atoms with Crippen LogP contribution in [-0.4, -0.2) is 91.2 Å². The van der Waals surface area contributed by atoms with E-state index in [4.69, 9.17) is 47.4 Å². The van der Waals surface area contributed by atoms with E-state index >= 15 is 0 Å². The van der Waals surface area contributed by atoms with Crippen molar-refractivity contribution in [1.82, 2.24) is 0 Å². The normalized spacial score (nSPS) is 33.4. The average molecular weight is 715 g/mol. The highest BCUT2D eigenvalue weighted by atomic mass is 16.8. The van der Waals surface area contributed by atoms with Crippen LogP contribution in [0.15, 0.2) is 60.7 Å². The summed E-state index contributed by atoms with van der Waals surface area (Å²) < 4.78 is 62.5. The molecular weight excluding hydrogens is 660 g/mol. The Kier molecular flexibility index (Phi) is 12.8. The first kappa shape index (κ1) is 38.2. The molecule has 6 rings (SSSR count). The summed E-state index contributed by atoms with van der Waals surface area (Å²) in [6.07, 6.45) is -4.01. The van der Waals surface area contributed by atoms with Crippen LogP contribution in [0, 0.1) is 0 Å². The number of esters is 1. The van der Waals surface area contributed by atoms with Gasteiger partial charge in [-0.2, -0.15) is 0 Å². The van der Waals surface area contributed by atoms with Gasteiger partial charge in [-0.15, -0.1) is 0 Å². The second-order valence-electron chi connectivity index (χ2n) is 14.6. The summed E-state index contributed by atoms with van der Waals surface area (Å²) in [4.78, 5) is 13.5. The highest BCUT2D eigenvalue weighted by molar-refractivity contribution is 5.69. The SMILES string of the molecule is CCCCCCCC(=O)O[C@@H]1[C@H](OC(O)[C@H]2OC(C)(C)O[C@H]2[C@H]2COC(C)(C)O2)O[C@@H]2COC(c3ccccc3)O[C@H]2[C@@H]1OCc1ccccc1. The van der Waals surface area contributed by atoms with Gasteiger partial charge in [0.15, 0.2) is 30.3 Å². The van der Waals surface area contributed by atoms with Gasteiger partial charge >= 0.3 is 5.97 Å². The summed E-state index contributed by atoms with van der Waals surface area (Å²) in [6, 6.07) is 19.3. The van der Waals surface area contributed by atoms with E-state index in [-0.39, 0.29) is 26.2 Å². The maximum Gasteiger partial charge on any atom is 0.306 e. The van der Waals surface area contributed by atoms with Crippen molar-refractivity contribution in [2.75, 3.05) is 13.2 Å². The van der Waals surface area contributed by atoms with E-state index in [1.165, 1.54) is 0 Å². The van der Waals surface area contributed by atoms with Gasteiger partial charge < -0.3 is 52.5 Å². The Hall–Kier alpha value is -2.49. The van der Waals surface area contributed by atoms with E-state index in [9.17, 15) is 9.90 Å². The van der Waals surface area contributed by atoms with E-state index in [0.29, 0.717) is 6.42 Å². The standard InChI is InChI=1S/C39H54O12/c1-6-7-8-9-16-21-29(40)46-34-32(42-22-25-17-12-10-13-18-25)30-27(23-43-36(47-30)26-19-14-11-15-20-26)45-37(34)48-35(41)33-31(50-39(4,5)51-33)28-24-44-38(2,3)49-28/h10-15,17-20,27-28,30-37,41H,6-9,16,21-24H2,1-5H3/t27-,28-,30-,31+,32+,33+,34+,35?,36?,37+/m1/s1. The average Bonchev–Trinajstić information content (AvgIpc) is 3.65. The molecule has 4 aliphatic heterocycles. The Balaban J connectivity index is 1.26. The highest BCUT2D eigenvalue weighted by Gasteiger charge is 2.56. The third kappa shape index (κ3) is 9.94. The first-order valence-electron chi connectivity index (χ1n) is 18.4. The zero-order valence-corrected chi connectivity index (χ0v) is 30.3. The molecule has 2 aromatic carbocycles. The quantitative estimate of drug-likeness (QED) is 0.138. The number of carbonyl (C=O) groups excluding carboxylic acids is 1. The third-order valence-electron chi connectivity index (χ3n) is 9.51. The number of unbranched alkanes of at least 4 members (excludes halogenated alkanes) is 4. The van der Waals surface area contributed by atoms with Gasteiger partial charge in [0.25, 0.3) is 0 Å². The molecular formula is C39H54O12. The van der Waals surface area contributed by atoms with Gasteiger partial charge in [0.2, 0.25) is 6.29 Å². The maximum absolute atomic E-state index is 13.5. The molecule has 4 fully saturated rings. The number of aliphatic hydroxyl groups is 1. The van der Waals surface area contributed by atoms with Gasteiger partial charge in [0.1, 0.15) is 36.6 Å². The molecule has 51 heavy (non-hydrogen) atoms. The molecule has 0 bridgehead atoms. The van der Waals surface area contributed by atoms with Crippen molar-refractivity contribution in [2.24, 2.45) is 0 Å². The molecule has 2 unspecified atom stereocenters. The zero-order chi connectivity index (χ0) is 36.0. The molecule has 4 heterocycles. The van der Waals surface area contributed by atoms with Crippen molar-refractivity contribution < 1.29 is 57.3 Å². The molecule has 0 radical (unpaired) electrons. The largest absolute Gasteiger partial charge is 0.454 e. The van der Waals surface area contributed by atoms with Gasteiger partial charge in [-0.25, -0.2) is 0 Å². The van der Waals surface area contributed by atoms with Crippen LogP contribution in [0.25, 0.3) is 0 Å². The highest BCUT2D eigenvalue weighted by Crippen LogP contribution is 2.40. The Morgan fingerprint density at radius 2 is 1.55 bits per heavy atom. The Bertz CT molecular complexity index is 1370. The number of benzene rings is 2. The van der Waals surface area contributed by atoms with Crippen LogP contribution < -0.4 is 0 Å². The molecule has 0 aliphatic carbocycles. The molecule has 1 N–H and O–H groups in total. The molecule has 0 amide bonds. The summed E-state index contributed by atoms with van der Waals surface area (Å²) in [5.74, 6) is -2.28. The molecule has 12 heteroatoms. The van der Waals surface area contributed by atoms with E-state index in [1.54, 1.807) is 13.8 Å². The van der Waals surface area contributed by atoms with Crippen molar-refractivity contribution in [1.29, 1.82) is 0 Å². The van der Waals surface area contributed by atoms with E-state index in [2.05, 4.69) is 6.92 Å². The number of hydrogen-bond donors (Lipinski definition) is 1. The minimum absolute atomic E-state index is 0.143. The second kappa shape index (κ2) is 17.1. The summed E-state index contributed by atoms with van der Waals surface area (Å²) in [5.41, 5.74) is 1.76. The van der Waals surface area contributed by atoms with Crippen molar-refractivity contribution >= 4 is 5.97 Å². The van der Waals surface area contributed by atoms with Crippen LogP contribution in [0.3, 0.4) is 0 Å². The van der Waals surface area contributed by atoms with Gasteiger partial charge in [0, 0.05) is 12.0 Å². The van der Waals surface area contributed by atoms with Gasteiger partial charge in [-0.1, -0.05) is 93.3 Å². The summed E-state index contributed by atoms with van der Waals surface area (Å²) >= 11 is 0. The molecule has 4 saturated heterocycles. The van der Waals surface area contributed by atoms with Gasteiger partial charge in [0.05, 0.1) is 19.8 Å². The minimum Gasteiger partial charge on any atom is -0.454 e. The number of carbonyl (C=O) groups is 1. The topological polar surface area (TPSA) is 130 Å². The molecule has 2 aromatic rings. The Labute approximate surface area is 300 Å². The van der Waals surface area contributed by atoms with Crippen molar-refractivity contribution in [3.8, 4) is 0 Å². The molecule has 4 aliphatic rings. The van der Waals surface area contributed by atoms with Gasteiger partial charge in [-0.3, -0.25) is 4.79 Å². The minimum atomic E-state index is -1.57. The van der Waals surface area contributed by atoms with Crippen LogP contribution >= 0.6 is 0 Å². The number of aliphatic hydroxyl groups excluding tert-OH is 1. The first-order valence-corrected chi connectivity index (χ1v) is 18.4. The summed E-state index contributed by atoms with van der Waals surface area (Å²) in [7, 11) is 0. The Morgan fingerprint density at radius 3 is 2.25 bits per heavy atom. The predicted octanol–water partition coefficient (Wildman–Crippen LogP) is 5.69. The van der Waals surface area contributed by atoms with Crippen LogP contribution in [0.2, 0.25) is 0 Å². The third-order valence-corrected chi connectivity index (χ3v) is 9.51. The van der Waals surface area contributed by atoms with Crippen molar-refractivity contribution in [2.45, 2.75) is 153 Å².